The molecule has 0 atom stereocenters. The molecule has 0 aromatic heterocycles. The molecule has 1 aliphatic heterocycles. The van der Waals surface area contributed by atoms with Crippen LogP contribution in [0.5, 0.6) is 0 Å². The van der Waals surface area contributed by atoms with Crippen LogP contribution < -0.4 is 0 Å². The van der Waals surface area contributed by atoms with Gasteiger partial charge in [-0.15, -0.1) is 0 Å². The topological polar surface area (TPSA) is 12.5 Å². The normalized spacial score (nSPS) is 27.3. The van der Waals surface area contributed by atoms with Crippen molar-refractivity contribution in [2.24, 2.45) is 0 Å². The fraction of sp³-hybridized carbons (Fsp3) is 1.00. The Labute approximate surface area is 113 Å². The zero-order valence-electron chi connectivity index (χ0n) is 12.0. The molecule has 0 amide bonds. The minimum absolute atomic E-state index is 0.855. The molecule has 2 rings (SSSR count). The van der Waals surface area contributed by atoms with Crippen LogP contribution >= 0.6 is 0 Å². The van der Waals surface area contributed by atoms with Gasteiger partial charge >= 0.3 is 0 Å². The molecule has 2 nitrogen and oxygen atoms in total. The summed E-state index contributed by atoms with van der Waals surface area (Å²) in [7, 11) is 0. The monoisotopic (exact) mass is 253 g/mol. The van der Waals surface area contributed by atoms with Crippen LogP contribution in [0.3, 0.4) is 0 Å². The van der Waals surface area contributed by atoms with Gasteiger partial charge in [0.1, 0.15) is 0 Å². The van der Waals surface area contributed by atoms with E-state index in [9.17, 15) is 0 Å². The van der Waals surface area contributed by atoms with Gasteiger partial charge in [0, 0.05) is 19.1 Å². The zero-order valence-corrected chi connectivity index (χ0v) is 12.0. The third-order valence-corrected chi connectivity index (χ3v) is 4.64. The number of hydrogen-bond acceptors (Lipinski definition) is 2. The highest BCUT2D eigenvalue weighted by Crippen LogP contribution is 2.21. The lowest BCUT2D eigenvalue weighted by Gasteiger charge is -2.35. The van der Waals surface area contributed by atoms with Crippen molar-refractivity contribution in [2.75, 3.05) is 26.3 Å². The van der Waals surface area contributed by atoms with Crippen LogP contribution in [0.25, 0.3) is 0 Å². The summed E-state index contributed by atoms with van der Waals surface area (Å²) in [4.78, 5) is 2.70. The number of hydrogen-bond donors (Lipinski definition) is 0. The van der Waals surface area contributed by atoms with Crippen LogP contribution in [0.2, 0.25) is 0 Å². The lowest BCUT2D eigenvalue weighted by molar-refractivity contribution is 0.0117. The van der Waals surface area contributed by atoms with Gasteiger partial charge in [-0.3, -0.25) is 4.90 Å². The van der Waals surface area contributed by atoms with Crippen molar-refractivity contribution in [1.29, 1.82) is 0 Å². The highest BCUT2D eigenvalue weighted by molar-refractivity contribution is 4.74. The van der Waals surface area contributed by atoms with Crippen molar-refractivity contribution >= 4 is 0 Å². The molecule has 2 fully saturated rings. The van der Waals surface area contributed by atoms with Crippen molar-refractivity contribution in [3.63, 3.8) is 0 Å². The molecular formula is C16H31NO. The highest BCUT2D eigenvalue weighted by Gasteiger charge is 2.20. The SMILES string of the molecule is C1CCCCCC(N2CCOCC2)CCCCC1. The Bertz CT molecular complexity index is 189. The predicted octanol–water partition coefficient (Wildman–Crippen LogP) is 3.99. The Morgan fingerprint density at radius 2 is 1.06 bits per heavy atom. The van der Waals surface area contributed by atoms with Crippen molar-refractivity contribution in [1.82, 2.24) is 4.90 Å². The molecular weight excluding hydrogens is 222 g/mol. The first kappa shape index (κ1) is 14.3. The summed E-state index contributed by atoms with van der Waals surface area (Å²) >= 11 is 0. The summed E-state index contributed by atoms with van der Waals surface area (Å²) in [5.41, 5.74) is 0. The van der Waals surface area contributed by atoms with Crippen LogP contribution in [0.4, 0.5) is 0 Å². The number of rotatable bonds is 1. The molecule has 2 heteroatoms. The minimum Gasteiger partial charge on any atom is -0.379 e. The summed E-state index contributed by atoms with van der Waals surface area (Å²) in [5.74, 6) is 0. The van der Waals surface area contributed by atoms with E-state index in [1.54, 1.807) is 0 Å². The molecule has 2 aliphatic rings. The number of morpholine rings is 1. The Morgan fingerprint density at radius 3 is 1.56 bits per heavy atom. The molecule has 1 saturated carbocycles. The molecule has 0 N–H and O–H groups in total. The van der Waals surface area contributed by atoms with Crippen molar-refractivity contribution in [2.45, 2.75) is 76.7 Å². The van der Waals surface area contributed by atoms with Gasteiger partial charge in [-0.1, -0.05) is 57.8 Å². The first-order valence-corrected chi connectivity index (χ1v) is 8.28. The molecule has 1 aliphatic carbocycles. The fourth-order valence-corrected chi connectivity index (χ4v) is 3.45. The molecule has 0 aromatic carbocycles. The standard InChI is InChI=1S/C16H31NO/c1-2-4-6-8-10-16(11-9-7-5-3-1)17-12-14-18-15-13-17/h16H,1-15H2. The van der Waals surface area contributed by atoms with E-state index in [2.05, 4.69) is 4.90 Å². The van der Waals surface area contributed by atoms with E-state index >= 15 is 0 Å². The van der Waals surface area contributed by atoms with E-state index in [1.165, 1.54) is 83.7 Å². The third kappa shape index (κ3) is 5.27. The van der Waals surface area contributed by atoms with E-state index in [1.807, 2.05) is 0 Å². The number of ether oxygens (including phenoxy) is 1. The smallest absolute Gasteiger partial charge is 0.0594 e. The molecule has 0 spiro atoms. The zero-order chi connectivity index (χ0) is 12.5. The maximum Gasteiger partial charge on any atom is 0.0594 e. The summed E-state index contributed by atoms with van der Waals surface area (Å²) in [6, 6.07) is 0.855. The van der Waals surface area contributed by atoms with Gasteiger partial charge in [-0.05, 0) is 12.8 Å². The summed E-state index contributed by atoms with van der Waals surface area (Å²) in [5, 5.41) is 0. The van der Waals surface area contributed by atoms with Gasteiger partial charge in [0.25, 0.3) is 0 Å². The molecule has 1 heterocycles. The van der Waals surface area contributed by atoms with Gasteiger partial charge in [-0.25, -0.2) is 0 Å². The third-order valence-electron chi connectivity index (χ3n) is 4.64. The van der Waals surface area contributed by atoms with Crippen LogP contribution in [-0.2, 0) is 4.74 Å². The first-order valence-electron chi connectivity index (χ1n) is 8.28. The maximum atomic E-state index is 5.49. The Kier molecular flexibility index (Phi) is 7.11. The van der Waals surface area contributed by atoms with Gasteiger partial charge in [0.2, 0.25) is 0 Å². The quantitative estimate of drug-likeness (QED) is 0.700. The Hall–Kier alpha value is -0.0800. The Balaban J connectivity index is 1.76. The molecule has 0 unspecified atom stereocenters. The van der Waals surface area contributed by atoms with Gasteiger partial charge in [0.15, 0.2) is 0 Å². The molecule has 1 saturated heterocycles. The lowest BCUT2D eigenvalue weighted by atomic mass is 9.97. The van der Waals surface area contributed by atoms with Crippen molar-refractivity contribution in [3.8, 4) is 0 Å². The molecule has 18 heavy (non-hydrogen) atoms. The molecule has 106 valence electrons. The second-order valence-corrected chi connectivity index (χ2v) is 6.06. The summed E-state index contributed by atoms with van der Waals surface area (Å²) in [6.07, 6.45) is 16.0. The average molecular weight is 253 g/mol. The van der Waals surface area contributed by atoms with Crippen LogP contribution in [0.1, 0.15) is 70.6 Å². The summed E-state index contributed by atoms with van der Waals surface area (Å²) in [6.45, 7) is 4.25. The van der Waals surface area contributed by atoms with Crippen molar-refractivity contribution < 1.29 is 4.74 Å². The molecule has 0 aromatic rings. The molecule has 0 bridgehead atoms. The van der Waals surface area contributed by atoms with E-state index in [0.717, 1.165) is 19.3 Å². The van der Waals surface area contributed by atoms with Crippen molar-refractivity contribution in [3.05, 3.63) is 0 Å². The van der Waals surface area contributed by atoms with Crippen LogP contribution in [0, 0.1) is 0 Å². The summed E-state index contributed by atoms with van der Waals surface area (Å²) < 4.78 is 5.49. The van der Waals surface area contributed by atoms with Gasteiger partial charge in [-0.2, -0.15) is 0 Å². The number of nitrogens with zero attached hydrogens (tertiary/aromatic N) is 1. The minimum atomic E-state index is 0.855. The lowest BCUT2D eigenvalue weighted by Crippen LogP contribution is -2.43. The van der Waals surface area contributed by atoms with E-state index < -0.39 is 0 Å². The second kappa shape index (κ2) is 8.92. The first-order chi connectivity index (χ1) is 8.97. The largest absolute Gasteiger partial charge is 0.379 e. The average Bonchev–Trinajstić information content (AvgIpc) is 2.40. The predicted molar refractivity (Wildman–Crippen MR) is 77.0 cm³/mol. The second-order valence-electron chi connectivity index (χ2n) is 6.06. The van der Waals surface area contributed by atoms with E-state index in [4.69, 9.17) is 4.74 Å². The highest BCUT2D eigenvalue weighted by atomic mass is 16.5. The van der Waals surface area contributed by atoms with Crippen LogP contribution in [-0.4, -0.2) is 37.2 Å². The molecule has 0 radical (unpaired) electrons. The van der Waals surface area contributed by atoms with Gasteiger partial charge in [0.05, 0.1) is 13.2 Å². The van der Waals surface area contributed by atoms with E-state index in [-0.39, 0.29) is 0 Å². The van der Waals surface area contributed by atoms with Crippen LogP contribution in [0.15, 0.2) is 0 Å². The fourth-order valence-electron chi connectivity index (χ4n) is 3.45. The van der Waals surface area contributed by atoms with E-state index in [0.29, 0.717) is 0 Å². The van der Waals surface area contributed by atoms with Gasteiger partial charge < -0.3 is 4.74 Å². The Morgan fingerprint density at radius 1 is 0.611 bits per heavy atom. The maximum absolute atomic E-state index is 5.49.